The number of amides is 1. The second kappa shape index (κ2) is 10.0. The first-order valence-corrected chi connectivity index (χ1v) is 10.8. The van der Waals surface area contributed by atoms with E-state index in [1.165, 1.54) is 10.5 Å². The molecule has 0 aliphatic rings. The summed E-state index contributed by atoms with van der Waals surface area (Å²) in [6.45, 7) is 2.04. The lowest BCUT2D eigenvalue weighted by atomic mass is 10.1. The highest BCUT2D eigenvalue weighted by Gasteiger charge is 2.17. The Morgan fingerprint density at radius 2 is 1.97 bits per heavy atom. The summed E-state index contributed by atoms with van der Waals surface area (Å²) in [6.07, 6.45) is 3.61. The zero-order chi connectivity index (χ0) is 24.1. The molecule has 0 unspecified atom stereocenters. The molecule has 168 valence electrons. The molecule has 0 radical (unpaired) electrons. The second-order valence-corrected chi connectivity index (χ2v) is 7.73. The van der Waals surface area contributed by atoms with Crippen LogP contribution in [0, 0.1) is 11.3 Å². The fourth-order valence-electron chi connectivity index (χ4n) is 3.25. The van der Waals surface area contributed by atoms with Crippen molar-refractivity contribution in [2.45, 2.75) is 13.3 Å². The molecule has 7 nitrogen and oxygen atoms in total. The van der Waals surface area contributed by atoms with E-state index < -0.39 is 11.5 Å². The van der Waals surface area contributed by atoms with Crippen LogP contribution in [-0.2, 0) is 11.2 Å². The van der Waals surface area contributed by atoms with Gasteiger partial charge in [-0.05, 0) is 60.5 Å². The number of rotatable bonds is 6. The van der Waals surface area contributed by atoms with Crippen molar-refractivity contribution < 1.29 is 9.53 Å². The number of aryl methyl sites for hydroxylation is 1. The Balaban J connectivity index is 1.78. The zero-order valence-corrected chi connectivity index (χ0v) is 18.9. The van der Waals surface area contributed by atoms with E-state index in [9.17, 15) is 14.9 Å². The number of carbonyl (C=O) groups excluding carboxylic acids is 1. The standard InChI is InChI=1S/C26H19ClN4O3/c1-2-17-9-11-21(12-10-17)34-25-22(26(33)31-13-4-3-8-23(31)30-25)14-18(16-28)24(32)29-20-7-5-6-19(27)15-20/h3-15H,2H2,1H3,(H,29,32)/b18-14-. The predicted octanol–water partition coefficient (Wildman–Crippen LogP) is 5.25. The van der Waals surface area contributed by atoms with Crippen LogP contribution in [0.5, 0.6) is 11.6 Å². The van der Waals surface area contributed by atoms with Gasteiger partial charge in [-0.3, -0.25) is 14.0 Å². The van der Waals surface area contributed by atoms with E-state index in [1.807, 2.05) is 25.1 Å². The normalized spacial score (nSPS) is 11.1. The molecule has 0 aliphatic heterocycles. The van der Waals surface area contributed by atoms with Crippen LogP contribution >= 0.6 is 11.6 Å². The number of halogens is 1. The molecule has 2 heterocycles. The monoisotopic (exact) mass is 470 g/mol. The topological polar surface area (TPSA) is 96.5 Å². The van der Waals surface area contributed by atoms with E-state index in [0.29, 0.717) is 22.1 Å². The van der Waals surface area contributed by atoms with Gasteiger partial charge >= 0.3 is 0 Å². The highest BCUT2D eigenvalue weighted by atomic mass is 35.5. The van der Waals surface area contributed by atoms with Gasteiger partial charge < -0.3 is 10.1 Å². The Labute approximate surface area is 200 Å². The highest BCUT2D eigenvalue weighted by Crippen LogP contribution is 2.25. The summed E-state index contributed by atoms with van der Waals surface area (Å²) in [4.78, 5) is 30.5. The third-order valence-corrected chi connectivity index (χ3v) is 5.25. The molecular weight excluding hydrogens is 452 g/mol. The molecule has 0 aliphatic carbocycles. The number of benzene rings is 2. The van der Waals surface area contributed by atoms with Crippen LogP contribution in [0.3, 0.4) is 0 Å². The maximum absolute atomic E-state index is 13.3. The van der Waals surface area contributed by atoms with Crippen LogP contribution in [0.1, 0.15) is 18.1 Å². The molecule has 2 aromatic carbocycles. The van der Waals surface area contributed by atoms with Gasteiger partial charge in [0, 0.05) is 16.9 Å². The van der Waals surface area contributed by atoms with Gasteiger partial charge in [0.05, 0.1) is 0 Å². The zero-order valence-electron chi connectivity index (χ0n) is 18.2. The number of fused-ring (bicyclic) bond motifs is 1. The van der Waals surface area contributed by atoms with Crippen LogP contribution in [0.2, 0.25) is 5.02 Å². The molecule has 4 rings (SSSR count). The van der Waals surface area contributed by atoms with E-state index in [0.717, 1.165) is 12.0 Å². The van der Waals surface area contributed by atoms with Crippen LogP contribution in [0.25, 0.3) is 11.7 Å². The minimum atomic E-state index is -0.694. The van der Waals surface area contributed by atoms with E-state index in [4.69, 9.17) is 16.3 Å². The van der Waals surface area contributed by atoms with Gasteiger partial charge in [-0.1, -0.05) is 42.8 Å². The lowest BCUT2D eigenvalue weighted by Crippen LogP contribution is -2.20. The molecule has 34 heavy (non-hydrogen) atoms. The predicted molar refractivity (Wildman–Crippen MR) is 131 cm³/mol. The van der Waals surface area contributed by atoms with Crippen molar-refractivity contribution >= 4 is 34.9 Å². The van der Waals surface area contributed by atoms with Gasteiger partial charge in [-0.2, -0.15) is 10.2 Å². The average Bonchev–Trinajstić information content (AvgIpc) is 2.84. The minimum Gasteiger partial charge on any atom is -0.438 e. The Hall–Kier alpha value is -4.41. The smallest absolute Gasteiger partial charge is 0.269 e. The number of hydrogen-bond acceptors (Lipinski definition) is 5. The van der Waals surface area contributed by atoms with Crippen molar-refractivity contribution in [1.29, 1.82) is 5.26 Å². The van der Waals surface area contributed by atoms with E-state index >= 15 is 0 Å². The lowest BCUT2D eigenvalue weighted by molar-refractivity contribution is -0.112. The Bertz CT molecular complexity index is 1500. The van der Waals surface area contributed by atoms with Crippen molar-refractivity contribution in [2.75, 3.05) is 5.32 Å². The molecular formula is C26H19ClN4O3. The maximum Gasteiger partial charge on any atom is 0.269 e. The lowest BCUT2D eigenvalue weighted by Gasteiger charge is -2.11. The number of anilines is 1. The molecule has 0 fully saturated rings. The number of ether oxygens (including phenoxy) is 1. The number of aromatic nitrogens is 2. The van der Waals surface area contributed by atoms with Gasteiger partial charge in [-0.15, -0.1) is 0 Å². The van der Waals surface area contributed by atoms with Crippen LogP contribution < -0.4 is 15.6 Å². The summed E-state index contributed by atoms with van der Waals surface area (Å²) in [5, 5.41) is 12.7. The molecule has 8 heteroatoms. The van der Waals surface area contributed by atoms with Crippen LogP contribution in [-0.4, -0.2) is 15.3 Å². The summed E-state index contributed by atoms with van der Waals surface area (Å²) < 4.78 is 7.25. The first-order chi connectivity index (χ1) is 16.5. The van der Waals surface area contributed by atoms with E-state index in [-0.39, 0.29) is 17.0 Å². The van der Waals surface area contributed by atoms with Crippen LogP contribution in [0.4, 0.5) is 5.69 Å². The molecule has 0 spiro atoms. The van der Waals surface area contributed by atoms with E-state index in [1.54, 1.807) is 60.8 Å². The molecule has 1 N–H and O–H groups in total. The molecule has 0 saturated carbocycles. The summed E-state index contributed by atoms with van der Waals surface area (Å²) in [5.74, 6) is -0.231. The number of hydrogen-bond donors (Lipinski definition) is 1. The fourth-order valence-corrected chi connectivity index (χ4v) is 3.44. The Morgan fingerprint density at radius 1 is 1.18 bits per heavy atom. The quantitative estimate of drug-likeness (QED) is 0.306. The number of nitrogens with one attached hydrogen (secondary N) is 1. The van der Waals surface area contributed by atoms with Crippen molar-refractivity contribution in [3.05, 3.63) is 105 Å². The van der Waals surface area contributed by atoms with Crippen molar-refractivity contribution in [3.8, 4) is 17.7 Å². The summed E-state index contributed by atoms with van der Waals surface area (Å²) in [7, 11) is 0. The van der Waals surface area contributed by atoms with E-state index in [2.05, 4.69) is 10.3 Å². The fraction of sp³-hybridized carbons (Fsp3) is 0.0769. The second-order valence-electron chi connectivity index (χ2n) is 7.30. The van der Waals surface area contributed by atoms with Gasteiger partial charge in [0.2, 0.25) is 5.88 Å². The SMILES string of the molecule is CCc1ccc(Oc2nc3ccccn3c(=O)c2/C=C(/C#N)C(=O)Nc2cccc(Cl)c2)cc1. The third kappa shape index (κ3) is 4.98. The highest BCUT2D eigenvalue weighted by molar-refractivity contribution is 6.31. The molecule has 0 bridgehead atoms. The maximum atomic E-state index is 13.3. The molecule has 0 atom stereocenters. The Kier molecular flexibility index (Phi) is 6.72. The van der Waals surface area contributed by atoms with Crippen LogP contribution in [0.15, 0.2) is 83.3 Å². The Morgan fingerprint density at radius 3 is 2.68 bits per heavy atom. The van der Waals surface area contributed by atoms with Crippen molar-refractivity contribution in [1.82, 2.24) is 9.38 Å². The number of nitrogens with zero attached hydrogens (tertiary/aromatic N) is 3. The summed E-state index contributed by atoms with van der Waals surface area (Å²) in [6, 6.07) is 20.9. The molecule has 1 amide bonds. The summed E-state index contributed by atoms with van der Waals surface area (Å²) in [5.41, 5.74) is 1.12. The number of pyridine rings is 1. The van der Waals surface area contributed by atoms with Gasteiger partial charge in [0.25, 0.3) is 11.5 Å². The van der Waals surface area contributed by atoms with Gasteiger partial charge in [0.1, 0.15) is 28.6 Å². The average molecular weight is 471 g/mol. The molecule has 2 aromatic heterocycles. The van der Waals surface area contributed by atoms with Gasteiger partial charge in [-0.25, -0.2) is 0 Å². The number of nitriles is 1. The largest absolute Gasteiger partial charge is 0.438 e. The first-order valence-electron chi connectivity index (χ1n) is 10.5. The van der Waals surface area contributed by atoms with Crippen molar-refractivity contribution in [2.24, 2.45) is 0 Å². The molecule has 0 saturated heterocycles. The molecule has 4 aromatic rings. The van der Waals surface area contributed by atoms with Gasteiger partial charge in [0.15, 0.2) is 0 Å². The summed E-state index contributed by atoms with van der Waals surface area (Å²) >= 11 is 5.96. The van der Waals surface area contributed by atoms with Crippen molar-refractivity contribution in [3.63, 3.8) is 0 Å². The minimum absolute atomic E-state index is 0.0104. The number of carbonyl (C=O) groups is 1. The third-order valence-electron chi connectivity index (χ3n) is 5.02. The first kappa shape index (κ1) is 22.8.